The Morgan fingerprint density at radius 2 is 1.60 bits per heavy atom. The first-order chi connectivity index (χ1) is 6.61. The van der Waals surface area contributed by atoms with Crippen molar-refractivity contribution in [2.75, 3.05) is 0 Å². The van der Waals surface area contributed by atoms with Crippen molar-refractivity contribution in [2.24, 2.45) is 0 Å². The summed E-state index contributed by atoms with van der Waals surface area (Å²) in [7, 11) is 0. The molecule has 5 heteroatoms. The van der Waals surface area contributed by atoms with Crippen LogP contribution in [0.2, 0.25) is 0 Å². The van der Waals surface area contributed by atoms with E-state index in [4.69, 9.17) is 0 Å². The number of esters is 2. The minimum Gasteiger partial charge on any atom is -0.384 e. The van der Waals surface area contributed by atoms with E-state index in [0.29, 0.717) is 0 Å². The molecule has 0 aliphatic heterocycles. The van der Waals surface area contributed by atoms with Crippen LogP contribution in [0.4, 0.5) is 0 Å². The fourth-order valence-electron chi connectivity index (χ4n) is 0.789. The average Bonchev–Trinajstić information content (AvgIpc) is 2.19. The topological polar surface area (TPSA) is 60.4 Å². The summed E-state index contributed by atoms with van der Waals surface area (Å²) in [5.41, 5.74) is 0.238. The number of benzene rings is 1. The van der Waals surface area contributed by atoms with Crippen LogP contribution in [0.1, 0.15) is 17.3 Å². The van der Waals surface area contributed by atoms with E-state index in [1.165, 1.54) is 12.1 Å². The molecule has 0 unspecified atom stereocenters. The summed E-state index contributed by atoms with van der Waals surface area (Å²) in [5.74, 6) is -2.75. The Labute approximate surface area is 97.4 Å². The maximum atomic E-state index is 11.2. The Hall–Kier alpha value is -1.44. The fourth-order valence-corrected chi connectivity index (χ4v) is 0.789. The fraction of sp³-hybridized carbons (Fsp3) is 0.100. The molecule has 0 aliphatic rings. The molecule has 0 N–H and O–H groups in total. The van der Waals surface area contributed by atoms with Gasteiger partial charge in [0, 0.05) is 24.3 Å². The Bertz CT molecular complexity index is 372. The predicted octanol–water partition coefficient (Wildman–Crippen LogP) is 0.957. The van der Waals surface area contributed by atoms with Gasteiger partial charge in [-0.3, -0.25) is 4.79 Å². The first-order valence-corrected chi connectivity index (χ1v) is 3.93. The number of carbonyl (C=O) groups is 3. The van der Waals surface area contributed by atoms with Crippen LogP contribution in [0.3, 0.4) is 0 Å². The van der Waals surface area contributed by atoms with Gasteiger partial charge in [0.25, 0.3) is 0 Å². The second-order valence-corrected chi connectivity index (χ2v) is 2.60. The molecule has 0 heterocycles. The summed E-state index contributed by atoms with van der Waals surface area (Å²) < 4.78 is 4.27. The molecule has 0 fully saturated rings. The van der Waals surface area contributed by atoms with Gasteiger partial charge in [-0.2, -0.15) is 0 Å². The second kappa shape index (κ2) is 6.12. The van der Waals surface area contributed by atoms with Crippen molar-refractivity contribution in [3.63, 3.8) is 0 Å². The van der Waals surface area contributed by atoms with Crippen molar-refractivity contribution in [3.8, 4) is 0 Å². The molecule has 0 atom stereocenters. The van der Waals surface area contributed by atoms with Gasteiger partial charge in [-0.15, -0.1) is 0 Å². The third-order valence-electron chi connectivity index (χ3n) is 1.48. The number of rotatable bonds is 2. The molecule has 0 aliphatic carbocycles. The normalized spacial score (nSPS) is 8.60. The molecule has 15 heavy (non-hydrogen) atoms. The van der Waals surface area contributed by atoms with Gasteiger partial charge in [-0.1, -0.05) is 18.2 Å². The summed E-state index contributed by atoms with van der Waals surface area (Å²) in [6.45, 7) is 1.04. The van der Waals surface area contributed by atoms with E-state index in [9.17, 15) is 14.4 Å². The number of hydrogen-bond acceptors (Lipinski definition) is 4. The second-order valence-electron chi connectivity index (χ2n) is 2.60. The van der Waals surface area contributed by atoms with Gasteiger partial charge in [-0.05, 0) is 12.1 Å². The molecule has 0 aromatic heterocycles. The maximum absolute atomic E-state index is 11.2. The van der Waals surface area contributed by atoms with E-state index in [2.05, 4.69) is 4.74 Å². The molecule has 4 nitrogen and oxygen atoms in total. The Balaban J connectivity index is 0.00000196. The summed E-state index contributed by atoms with van der Waals surface area (Å²) in [5, 5.41) is 0. The monoisotopic (exact) mass is 244 g/mol. The summed E-state index contributed by atoms with van der Waals surface area (Å²) in [6.07, 6.45) is 0. The van der Waals surface area contributed by atoms with Crippen LogP contribution in [0.25, 0.3) is 0 Å². The van der Waals surface area contributed by atoms with Gasteiger partial charge in [-0.25, -0.2) is 9.59 Å². The molecule has 0 saturated heterocycles. The zero-order valence-corrected chi connectivity index (χ0v) is 9.20. The number of ether oxygens (including phenoxy) is 1. The number of hydrogen-bond donors (Lipinski definition) is 0. The van der Waals surface area contributed by atoms with Crippen LogP contribution < -0.4 is 0 Å². The number of Topliss-reactive ketones (excluding diaryl/α,β-unsaturated/α-hetero) is 1. The largest absolute Gasteiger partial charge is 0.384 e. The summed E-state index contributed by atoms with van der Waals surface area (Å²) in [6, 6.07) is 7.98. The molecule has 0 saturated carbocycles. The van der Waals surface area contributed by atoms with Crippen LogP contribution in [0, 0.1) is 0 Å². The molecule has 0 spiro atoms. The first kappa shape index (κ1) is 13.6. The Morgan fingerprint density at radius 3 is 2.07 bits per heavy atom. The van der Waals surface area contributed by atoms with Crippen LogP contribution in [-0.4, -0.2) is 17.7 Å². The molecular formula is C10H8CrO4. The standard InChI is InChI=1S/C10H8O4.Cr/c1-7(11)9(12)14-10(13)8-5-3-2-4-6-8;/h2-6H,1H3;. The van der Waals surface area contributed by atoms with Gasteiger partial charge in [0.15, 0.2) is 0 Å². The van der Waals surface area contributed by atoms with Crippen LogP contribution in [0.15, 0.2) is 30.3 Å². The zero-order valence-electron chi connectivity index (χ0n) is 7.93. The molecule has 1 rings (SSSR count). The molecule has 0 amide bonds. The molecular weight excluding hydrogens is 236 g/mol. The smallest absolute Gasteiger partial charge is 0.382 e. The molecule has 0 bridgehead atoms. The summed E-state index contributed by atoms with van der Waals surface area (Å²) >= 11 is 0. The molecule has 1 aromatic carbocycles. The summed E-state index contributed by atoms with van der Waals surface area (Å²) in [4.78, 5) is 32.4. The SMILES string of the molecule is CC(=O)C(=O)OC(=O)c1ccccc1.[Cr]. The maximum Gasteiger partial charge on any atom is 0.382 e. The van der Waals surface area contributed by atoms with E-state index < -0.39 is 17.7 Å². The predicted molar refractivity (Wildman–Crippen MR) is 47.5 cm³/mol. The van der Waals surface area contributed by atoms with Crippen LogP contribution >= 0.6 is 0 Å². The van der Waals surface area contributed by atoms with Crippen LogP contribution in [-0.2, 0) is 31.7 Å². The van der Waals surface area contributed by atoms with Crippen molar-refractivity contribution in [1.82, 2.24) is 0 Å². The van der Waals surface area contributed by atoms with Gasteiger partial charge in [0.1, 0.15) is 0 Å². The van der Waals surface area contributed by atoms with Gasteiger partial charge < -0.3 is 4.74 Å². The van der Waals surface area contributed by atoms with Crippen molar-refractivity contribution in [3.05, 3.63) is 35.9 Å². The number of carbonyl (C=O) groups excluding carboxylic acids is 3. The zero-order chi connectivity index (χ0) is 10.6. The third kappa shape index (κ3) is 4.07. The van der Waals surface area contributed by atoms with E-state index >= 15 is 0 Å². The molecule has 78 valence electrons. The number of ketones is 1. The van der Waals surface area contributed by atoms with Gasteiger partial charge >= 0.3 is 11.9 Å². The average molecular weight is 244 g/mol. The minimum atomic E-state index is -1.14. The molecule has 0 radical (unpaired) electrons. The first-order valence-electron chi connectivity index (χ1n) is 3.93. The van der Waals surface area contributed by atoms with Crippen molar-refractivity contribution in [2.45, 2.75) is 6.92 Å². The van der Waals surface area contributed by atoms with E-state index in [1.807, 2.05) is 0 Å². The van der Waals surface area contributed by atoms with E-state index in [1.54, 1.807) is 18.2 Å². The van der Waals surface area contributed by atoms with E-state index in [0.717, 1.165) is 6.92 Å². The minimum absolute atomic E-state index is 0. The van der Waals surface area contributed by atoms with Gasteiger partial charge in [0.05, 0.1) is 5.56 Å². The molecule has 1 aromatic rings. The van der Waals surface area contributed by atoms with Crippen molar-refractivity contribution >= 4 is 17.7 Å². The van der Waals surface area contributed by atoms with Gasteiger partial charge in [0.2, 0.25) is 5.78 Å². The Kier molecular flexibility index (Phi) is 5.54. The third-order valence-corrected chi connectivity index (χ3v) is 1.48. The Morgan fingerprint density at radius 1 is 1.07 bits per heavy atom. The van der Waals surface area contributed by atoms with Crippen LogP contribution in [0.5, 0.6) is 0 Å². The quantitative estimate of drug-likeness (QED) is 0.441. The van der Waals surface area contributed by atoms with E-state index in [-0.39, 0.29) is 22.9 Å². The van der Waals surface area contributed by atoms with Crippen molar-refractivity contribution < 1.29 is 36.5 Å². The van der Waals surface area contributed by atoms with Crippen molar-refractivity contribution in [1.29, 1.82) is 0 Å².